The Balaban J connectivity index is 2.12. The molecule has 2 fully saturated rings. The van der Waals surface area contributed by atoms with E-state index >= 15 is 0 Å². The second-order valence-electron chi connectivity index (χ2n) is 5.64. The lowest BCUT2D eigenvalue weighted by atomic mass is 9.81. The molecule has 0 aromatic heterocycles. The molecular formula is C15H20O2S. The van der Waals surface area contributed by atoms with Crippen LogP contribution in [-0.2, 0) is 9.53 Å². The minimum atomic E-state index is -0.433. The van der Waals surface area contributed by atoms with E-state index in [1.807, 2.05) is 0 Å². The number of thioether (sulfide) groups is 1. The van der Waals surface area contributed by atoms with E-state index in [1.165, 1.54) is 12.0 Å². The molecule has 2 saturated carbocycles. The largest absolute Gasteiger partial charge is 0.456 e. The fraction of sp³-hybridized carbons (Fsp3) is 0.667. The summed E-state index contributed by atoms with van der Waals surface area (Å²) in [6, 6.07) is 0. The maximum atomic E-state index is 11.2. The molecule has 0 aliphatic heterocycles. The summed E-state index contributed by atoms with van der Waals surface area (Å²) >= 11 is 1.58. The van der Waals surface area contributed by atoms with Gasteiger partial charge in [0, 0.05) is 5.92 Å². The highest BCUT2D eigenvalue weighted by atomic mass is 32.2. The average molecular weight is 264 g/mol. The van der Waals surface area contributed by atoms with Gasteiger partial charge in [-0.25, -0.2) is 4.79 Å². The molecule has 0 saturated heterocycles. The molecule has 0 aromatic rings. The van der Waals surface area contributed by atoms with Gasteiger partial charge in [-0.05, 0) is 42.8 Å². The van der Waals surface area contributed by atoms with E-state index in [9.17, 15) is 4.79 Å². The van der Waals surface area contributed by atoms with Gasteiger partial charge >= 0.3 is 5.97 Å². The van der Waals surface area contributed by atoms with Crippen LogP contribution in [0.2, 0.25) is 0 Å². The van der Waals surface area contributed by atoms with Crippen LogP contribution < -0.4 is 0 Å². The van der Waals surface area contributed by atoms with Crippen molar-refractivity contribution in [3.05, 3.63) is 12.2 Å². The molecule has 2 atom stereocenters. The third-order valence-corrected chi connectivity index (χ3v) is 6.20. The van der Waals surface area contributed by atoms with E-state index in [1.54, 1.807) is 18.7 Å². The van der Waals surface area contributed by atoms with Gasteiger partial charge in [-0.1, -0.05) is 37.8 Å². The van der Waals surface area contributed by atoms with E-state index in [0.29, 0.717) is 6.61 Å². The fourth-order valence-corrected chi connectivity index (χ4v) is 4.60. The summed E-state index contributed by atoms with van der Waals surface area (Å²) in [7, 11) is 0. The van der Waals surface area contributed by atoms with Crippen molar-refractivity contribution in [2.24, 2.45) is 11.3 Å². The molecule has 18 heavy (non-hydrogen) atoms. The zero-order valence-electron chi connectivity index (χ0n) is 11.3. The lowest BCUT2D eigenvalue weighted by molar-refractivity contribution is -0.136. The number of ether oxygens (including phenoxy) is 1. The second-order valence-corrected chi connectivity index (χ2v) is 6.75. The minimum absolute atomic E-state index is 0.0389. The van der Waals surface area contributed by atoms with Crippen molar-refractivity contribution >= 4 is 17.7 Å². The monoisotopic (exact) mass is 264 g/mol. The normalized spacial score (nSPS) is 31.9. The lowest BCUT2D eigenvalue weighted by Gasteiger charge is -2.36. The number of hydrogen-bond donors (Lipinski definition) is 0. The van der Waals surface area contributed by atoms with E-state index in [2.05, 4.69) is 31.6 Å². The number of carbonyl (C=O) groups is 1. The summed E-state index contributed by atoms with van der Waals surface area (Å²) in [4.78, 5) is 11.2. The van der Waals surface area contributed by atoms with Gasteiger partial charge in [-0.15, -0.1) is 0 Å². The molecule has 0 radical (unpaired) electrons. The van der Waals surface area contributed by atoms with Crippen LogP contribution in [0.5, 0.6) is 0 Å². The van der Waals surface area contributed by atoms with Crippen LogP contribution in [0.4, 0.5) is 0 Å². The topological polar surface area (TPSA) is 26.3 Å². The van der Waals surface area contributed by atoms with Gasteiger partial charge in [0.15, 0.2) is 0 Å². The summed E-state index contributed by atoms with van der Waals surface area (Å²) in [6.07, 6.45) is 3.49. The first-order valence-electron chi connectivity index (χ1n) is 6.48. The SMILES string of the molecule is C=C1C[C@@H]2CC[C@@]1(SC#CC(=O)OCC)C2(C)C. The molecule has 2 aliphatic carbocycles. The van der Waals surface area contributed by atoms with Gasteiger partial charge in [0.2, 0.25) is 0 Å². The number of fused-ring (bicyclic) bond motifs is 2. The number of esters is 1. The minimum Gasteiger partial charge on any atom is -0.456 e. The molecule has 98 valence electrons. The van der Waals surface area contributed by atoms with Crippen LogP contribution >= 0.6 is 11.8 Å². The third-order valence-electron chi connectivity index (χ3n) is 4.62. The lowest BCUT2D eigenvalue weighted by Crippen LogP contribution is -2.34. The Labute approximate surface area is 114 Å². The summed E-state index contributed by atoms with van der Waals surface area (Å²) in [5, 5.41) is 2.95. The van der Waals surface area contributed by atoms with Crippen molar-refractivity contribution in [3.8, 4) is 11.2 Å². The predicted octanol–water partition coefficient (Wildman–Crippen LogP) is 3.38. The maximum Gasteiger partial charge on any atom is 0.385 e. The van der Waals surface area contributed by atoms with Crippen molar-refractivity contribution in [3.63, 3.8) is 0 Å². The standard InChI is InChI=1S/C15H20O2S/c1-5-17-13(16)7-9-18-15-8-6-12(10-11(15)2)14(15,3)4/h12H,2,5-6,8,10H2,1,3-4H3/t12-,15-/m0/s1. The molecule has 0 unspecified atom stereocenters. The zero-order chi connectivity index (χ0) is 13.4. The van der Waals surface area contributed by atoms with Crippen molar-refractivity contribution in [2.45, 2.75) is 44.8 Å². The molecular weight excluding hydrogens is 244 g/mol. The van der Waals surface area contributed by atoms with Crippen LogP contribution in [-0.4, -0.2) is 17.3 Å². The molecule has 0 heterocycles. The van der Waals surface area contributed by atoms with Gasteiger partial charge in [-0.3, -0.25) is 0 Å². The highest BCUT2D eigenvalue weighted by Crippen LogP contribution is 2.67. The average Bonchev–Trinajstić information content (AvgIpc) is 2.63. The number of carbonyl (C=O) groups excluding carboxylic acids is 1. The molecule has 2 rings (SSSR count). The van der Waals surface area contributed by atoms with Gasteiger partial charge in [0.25, 0.3) is 0 Å². The van der Waals surface area contributed by atoms with E-state index < -0.39 is 5.97 Å². The van der Waals surface area contributed by atoms with Crippen molar-refractivity contribution in [1.29, 1.82) is 0 Å². The summed E-state index contributed by atoms with van der Waals surface area (Å²) in [6.45, 7) is 11.0. The fourth-order valence-electron chi connectivity index (χ4n) is 3.42. The summed E-state index contributed by atoms with van der Waals surface area (Å²) < 4.78 is 4.85. The Morgan fingerprint density at radius 1 is 1.61 bits per heavy atom. The van der Waals surface area contributed by atoms with Crippen LogP contribution in [0, 0.1) is 22.5 Å². The molecule has 0 amide bonds. The van der Waals surface area contributed by atoms with Crippen molar-refractivity contribution in [1.82, 2.24) is 0 Å². The Kier molecular flexibility index (Phi) is 3.51. The number of rotatable bonds is 2. The van der Waals surface area contributed by atoms with Crippen LogP contribution in [0.1, 0.15) is 40.0 Å². The van der Waals surface area contributed by atoms with Crippen molar-refractivity contribution < 1.29 is 9.53 Å². The van der Waals surface area contributed by atoms with Gasteiger partial charge in [0.1, 0.15) is 0 Å². The van der Waals surface area contributed by atoms with Crippen LogP contribution in [0.25, 0.3) is 0 Å². The summed E-state index contributed by atoms with van der Waals surface area (Å²) in [5.74, 6) is 2.85. The van der Waals surface area contributed by atoms with E-state index in [0.717, 1.165) is 18.8 Å². The Morgan fingerprint density at radius 2 is 2.33 bits per heavy atom. The summed E-state index contributed by atoms with van der Waals surface area (Å²) in [5.41, 5.74) is 1.53. The molecule has 2 bridgehead atoms. The van der Waals surface area contributed by atoms with E-state index in [-0.39, 0.29) is 10.2 Å². The first kappa shape index (κ1) is 13.5. The first-order valence-corrected chi connectivity index (χ1v) is 7.29. The molecule has 0 N–H and O–H groups in total. The van der Waals surface area contributed by atoms with Crippen LogP contribution in [0.15, 0.2) is 12.2 Å². The van der Waals surface area contributed by atoms with Gasteiger partial charge in [0.05, 0.1) is 11.4 Å². The highest BCUT2D eigenvalue weighted by molar-refractivity contribution is 8.05. The predicted molar refractivity (Wildman–Crippen MR) is 75.0 cm³/mol. The van der Waals surface area contributed by atoms with Gasteiger partial charge < -0.3 is 4.74 Å². The third kappa shape index (κ3) is 1.87. The highest BCUT2D eigenvalue weighted by Gasteiger charge is 2.61. The zero-order valence-corrected chi connectivity index (χ0v) is 12.2. The van der Waals surface area contributed by atoms with Crippen molar-refractivity contribution in [2.75, 3.05) is 6.61 Å². The number of hydrogen-bond acceptors (Lipinski definition) is 3. The smallest absolute Gasteiger partial charge is 0.385 e. The first-order chi connectivity index (χ1) is 8.44. The van der Waals surface area contributed by atoms with Gasteiger partial charge in [-0.2, -0.15) is 0 Å². The molecule has 0 aromatic carbocycles. The Morgan fingerprint density at radius 3 is 2.83 bits per heavy atom. The molecule has 2 aliphatic rings. The van der Waals surface area contributed by atoms with E-state index in [4.69, 9.17) is 4.74 Å². The second kappa shape index (κ2) is 4.66. The maximum absolute atomic E-state index is 11.2. The molecule has 0 spiro atoms. The Hall–Kier alpha value is -0.880. The molecule has 2 nitrogen and oxygen atoms in total. The molecule has 3 heteroatoms. The van der Waals surface area contributed by atoms with Crippen LogP contribution in [0.3, 0.4) is 0 Å². The Bertz CT molecular complexity index is 441. The quantitative estimate of drug-likeness (QED) is 0.434.